The lowest BCUT2D eigenvalue weighted by molar-refractivity contribution is -0.161. The average Bonchev–Trinajstić information content (AvgIpc) is 2.59. The highest BCUT2D eigenvalue weighted by Crippen LogP contribution is 2.14. The van der Waals surface area contributed by atoms with E-state index in [0.29, 0.717) is 24.4 Å². The molecule has 2 rings (SSSR count). The van der Waals surface area contributed by atoms with Crippen LogP contribution in [0.5, 0.6) is 5.75 Å². The first-order valence-electron chi connectivity index (χ1n) is 8.15. The van der Waals surface area contributed by atoms with E-state index in [9.17, 15) is 9.59 Å². The summed E-state index contributed by atoms with van der Waals surface area (Å²) in [6.07, 6.45) is -0.938. The summed E-state index contributed by atoms with van der Waals surface area (Å²) in [4.78, 5) is 25.8. The monoisotopic (exact) mass is 346 g/mol. The van der Waals surface area contributed by atoms with Crippen LogP contribution in [0, 0.1) is 11.3 Å². The number of benzene rings is 1. The third kappa shape index (κ3) is 5.47. The van der Waals surface area contributed by atoms with Crippen LogP contribution in [0.4, 0.5) is 0 Å². The zero-order valence-corrected chi connectivity index (χ0v) is 14.6. The second kappa shape index (κ2) is 8.49. The molecular formula is C18H22N2O5. The van der Waals surface area contributed by atoms with Crippen molar-refractivity contribution in [2.24, 2.45) is 0 Å². The summed E-state index contributed by atoms with van der Waals surface area (Å²) >= 11 is 0. The van der Waals surface area contributed by atoms with Crippen LogP contribution < -0.4 is 4.74 Å². The molecule has 1 aromatic rings. The van der Waals surface area contributed by atoms with Crippen molar-refractivity contribution in [3.63, 3.8) is 0 Å². The molecule has 0 aromatic heterocycles. The lowest BCUT2D eigenvalue weighted by Gasteiger charge is -2.35. The minimum absolute atomic E-state index is 0.0398. The molecule has 1 fully saturated rings. The number of esters is 1. The third-order valence-corrected chi connectivity index (χ3v) is 3.74. The lowest BCUT2D eigenvalue weighted by Crippen LogP contribution is -2.49. The Labute approximate surface area is 147 Å². The fourth-order valence-electron chi connectivity index (χ4n) is 2.58. The number of nitrogens with zero attached hydrogens (tertiary/aromatic N) is 2. The Morgan fingerprint density at radius 2 is 1.88 bits per heavy atom. The Hall–Kier alpha value is -2.59. The van der Waals surface area contributed by atoms with Crippen molar-refractivity contribution < 1.29 is 23.8 Å². The van der Waals surface area contributed by atoms with Crippen molar-refractivity contribution in [3.8, 4) is 11.8 Å². The van der Waals surface area contributed by atoms with E-state index < -0.39 is 12.1 Å². The molecule has 1 amide bonds. The maximum Gasteiger partial charge on any atom is 0.347 e. The normalized spacial score (nSPS) is 21.1. The van der Waals surface area contributed by atoms with E-state index in [1.165, 1.54) is 0 Å². The number of morpholine rings is 1. The maximum absolute atomic E-state index is 12.2. The molecule has 0 saturated carbocycles. The molecule has 25 heavy (non-hydrogen) atoms. The SMILES string of the molecule is C[C@H]1CN(C(=O)COC(=O)[C@@H](C)Oc2ccc(C#N)cc2)C[C@H](C)O1. The van der Waals surface area contributed by atoms with Crippen molar-refractivity contribution in [2.75, 3.05) is 19.7 Å². The Morgan fingerprint density at radius 3 is 2.44 bits per heavy atom. The molecular weight excluding hydrogens is 324 g/mol. The summed E-state index contributed by atoms with van der Waals surface area (Å²) in [5.74, 6) is -0.418. The van der Waals surface area contributed by atoms with Crippen molar-refractivity contribution in [2.45, 2.75) is 39.1 Å². The van der Waals surface area contributed by atoms with Gasteiger partial charge in [0.1, 0.15) is 5.75 Å². The zero-order valence-electron chi connectivity index (χ0n) is 14.6. The van der Waals surface area contributed by atoms with Crippen molar-refractivity contribution >= 4 is 11.9 Å². The van der Waals surface area contributed by atoms with Gasteiger partial charge in [0.05, 0.1) is 23.8 Å². The highest BCUT2D eigenvalue weighted by atomic mass is 16.6. The zero-order chi connectivity index (χ0) is 18.4. The number of carbonyl (C=O) groups is 2. The standard InChI is InChI=1S/C18H22N2O5/c1-12-9-20(10-13(2)24-12)17(21)11-23-18(22)14(3)25-16-6-4-15(8-19)5-7-16/h4-7,12-14H,9-11H2,1-3H3/t12-,13-,14+/m0/s1. The van der Waals surface area contributed by atoms with Gasteiger partial charge in [0, 0.05) is 13.1 Å². The van der Waals surface area contributed by atoms with E-state index in [1.54, 1.807) is 36.1 Å². The van der Waals surface area contributed by atoms with Crippen LogP contribution >= 0.6 is 0 Å². The summed E-state index contributed by atoms with van der Waals surface area (Å²) in [6, 6.07) is 8.39. The molecule has 1 aromatic carbocycles. The summed E-state index contributed by atoms with van der Waals surface area (Å²) < 4.78 is 16.1. The van der Waals surface area contributed by atoms with Crippen LogP contribution in [0.25, 0.3) is 0 Å². The second-order valence-electron chi connectivity index (χ2n) is 6.06. The van der Waals surface area contributed by atoms with E-state index in [0.717, 1.165) is 0 Å². The molecule has 7 nitrogen and oxygen atoms in total. The minimum Gasteiger partial charge on any atom is -0.479 e. The highest BCUT2D eigenvalue weighted by molar-refractivity contribution is 5.82. The van der Waals surface area contributed by atoms with E-state index >= 15 is 0 Å². The van der Waals surface area contributed by atoms with Gasteiger partial charge in [0.15, 0.2) is 12.7 Å². The highest BCUT2D eigenvalue weighted by Gasteiger charge is 2.27. The van der Waals surface area contributed by atoms with Gasteiger partial charge in [-0.2, -0.15) is 5.26 Å². The van der Waals surface area contributed by atoms with E-state index in [2.05, 4.69) is 0 Å². The molecule has 1 saturated heterocycles. The van der Waals surface area contributed by atoms with Gasteiger partial charge in [-0.3, -0.25) is 4.79 Å². The molecule has 0 bridgehead atoms. The fourth-order valence-corrected chi connectivity index (χ4v) is 2.58. The predicted octanol–water partition coefficient (Wildman–Crippen LogP) is 1.50. The molecule has 1 aliphatic heterocycles. The van der Waals surface area contributed by atoms with Crippen LogP contribution in [0.2, 0.25) is 0 Å². The Bertz CT molecular complexity index is 642. The maximum atomic E-state index is 12.2. The average molecular weight is 346 g/mol. The van der Waals surface area contributed by atoms with Gasteiger partial charge in [-0.15, -0.1) is 0 Å². The Morgan fingerprint density at radius 1 is 1.28 bits per heavy atom. The molecule has 0 unspecified atom stereocenters. The second-order valence-corrected chi connectivity index (χ2v) is 6.06. The van der Waals surface area contributed by atoms with E-state index in [4.69, 9.17) is 19.5 Å². The predicted molar refractivity (Wildman–Crippen MR) is 88.8 cm³/mol. The molecule has 0 radical (unpaired) electrons. The number of nitriles is 1. The number of carbonyl (C=O) groups excluding carboxylic acids is 2. The first-order chi connectivity index (χ1) is 11.9. The topological polar surface area (TPSA) is 88.9 Å². The summed E-state index contributed by atoms with van der Waals surface area (Å²) in [7, 11) is 0. The molecule has 0 aliphatic carbocycles. The van der Waals surface area contributed by atoms with Crippen molar-refractivity contribution in [1.29, 1.82) is 5.26 Å². The molecule has 134 valence electrons. The fraction of sp³-hybridized carbons (Fsp3) is 0.500. The quantitative estimate of drug-likeness (QED) is 0.751. The Balaban J connectivity index is 1.80. The van der Waals surface area contributed by atoms with Crippen LogP contribution in [0.3, 0.4) is 0 Å². The molecule has 3 atom stereocenters. The molecule has 1 aliphatic rings. The summed E-state index contributed by atoms with van der Waals surface area (Å²) in [5, 5.41) is 8.75. The van der Waals surface area contributed by atoms with Gasteiger partial charge >= 0.3 is 5.97 Å². The summed E-state index contributed by atoms with van der Waals surface area (Å²) in [5.41, 5.74) is 0.502. The van der Waals surface area contributed by atoms with Gasteiger partial charge in [-0.05, 0) is 45.0 Å². The summed E-state index contributed by atoms with van der Waals surface area (Å²) in [6.45, 7) is 5.99. The first kappa shape index (κ1) is 18.7. The molecule has 0 spiro atoms. The van der Waals surface area contributed by atoms with Gasteiger partial charge in [0.25, 0.3) is 5.91 Å². The van der Waals surface area contributed by atoms with E-state index in [1.807, 2.05) is 19.9 Å². The van der Waals surface area contributed by atoms with E-state index in [-0.39, 0.29) is 24.7 Å². The van der Waals surface area contributed by atoms with Crippen LogP contribution in [0.15, 0.2) is 24.3 Å². The van der Waals surface area contributed by atoms with Crippen molar-refractivity contribution in [1.82, 2.24) is 4.90 Å². The smallest absolute Gasteiger partial charge is 0.347 e. The number of rotatable bonds is 5. The van der Waals surface area contributed by atoms with Gasteiger partial charge < -0.3 is 19.1 Å². The number of hydrogen-bond donors (Lipinski definition) is 0. The van der Waals surface area contributed by atoms with Gasteiger partial charge in [-0.25, -0.2) is 4.79 Å². The lowest BCUT2D eigenvalue weighted by atomic mass is 10.2. The first-order valence-corrected chi connectivity index (χ1v) is 8.15. The third-order valence-electron chi connectivity index (χ3n) is 3.74. The molecule has 0 N–H and O–H groups in total. The van der Waals surface area contributed by atoms with Gasteiger partial charge in [-0.1, -0.05) is 0 Å². The van der Waals surface area contributed by atoms with Crippen LogP contribution in [-0.4, -0.2) is 54.8 Å². The van der Waals surface area contributed by atoms with Gasteiger partial charge in [0.2, 0.25) is 0 Å². The Kier molecular flexibility index (Phi) is 6.37. The van der Waals surface area contributed by atoms with Crippen LogP contribution in [0.1, 0.15) is 26.3 Å². The largest absolute Gasteiger partial charge is 0.479 e. The number of hydrogen-bond acceptors (Lipinski definition) is 6. The number of amides is 1. The minimum atomic E-state index is -0.858. The van der Waals surface area contributed by atoms with Crippen molar-refractivity contribution in [3.05, 3.63) is 29.8 Å². The van der Waals surface area contributed by atoms with Crippen LogP contribution in [-0.2, 0) is 19.1 Å². The molecule has 1 heterocycles. The number of ether oxygens (including phenoxy) is 3. The molecule has 7 heteroatoms.